The molecule has 0 spiro atoms. The van der Waals surface area contributed by atoms with Gasteiger partial charge in [0, 0.05) is 57.3 Å². The molecule has 4 rings (SSSR count). The minimum Gasteiger partial charge on any atom is -0.381 e. The summed E-state index contributed by atoms with van der Waals surface area (Å²) in [5, 5.41) is 15.7. The van der Waals surface area contributed by atoms with Gasteiger partial charge in [0.15, 0.2) is 11.8 Å². The zero-order chi connectivity index (χ0) is 22.4. The van der Waals surface area contributed by atoms with Crippen molar-refractivity contribution < 1.29 is 4.74 Å². The van der Waals surface area contributed by atoms with Crippen molar-refractivity contribution in [2.75, 3.05) is 26.8 Å². The van der Waals surface area contributed by atoms with E-state index in [9.17, 15) is 0 Å². The molecule has 1 aromatic heterocycles. The topological polar surface area (TPSA) is 88.4 Å². The highest BCUT2D eigenvalue weighted by molar-refractivity contribution is 14.0. The lowest BCUT2D eigenvalue weighted by Crippen LogP contribution is -2.59. The fourth-order valence-corrected chi connectivity index (χ4v) is 4.69. The Kier molecular flexibility index (Phi) is 9.51. The third-order valence-electron chi connectivity index (χ3n) is 6.65. The van der Waals surface area contributed by atoms with Gasteiger partial charge in [-0.1, -0.05) is 37.3 Å². The van der Waals surface area contributed by atoms with Crippen LogP contribution in [0, 0.1) is 0 Å². The second kappa shape index (κ2) is 12.1. The van der Waals surface area contributed by atoms with Crippen LogP contribution in [0.1, 0.15) is 56.4 Å². The Morgan fingerprint density at radius 1 is 1.27 bits per heavy atom. The van der Waals surface area contributed by atoms with Gasteiger partial charge >= 0.3 is 0 Å². The van der Waals surface area contributed by atoms with Crippen molar-refractivity contribution in [2.24, 2.45) is 4.99 Å². The molecular formula is C24H38IN7O. The van der Waals surface area contributed by atoms with Crippen LogP contribution < -0.4 is 16.0 Å². The average Bonchev–Trinajstić information content (AvgIpc) is 3.25. The van der Waals surface area contributed by atoms with Crippen LogP contribution in [-0.4, -0.2) is 59.1 Å². The molecule has 8 nitrogen and oxygen atoms in total. The molecule has 33 heavy (non-hydrogen) atoms. The number of ether oxygens (including phenoxy) is 1. The number of hydrogen-bond acceptors (Lipinski definition) is 5. The van der Waals surface area contributed by atoms with Gasteiger partial charge in [-0.15, -0.1) is 24.0 Å². The molecule has 0 bridgehead atoms. The van der Waals surface area contributed by atoms with E-state index in [2.05, 4.69) is 79.9 Å². The molecule has 3 heterocycles. The number of aryl methyl sites for hydroxylation is 2. The fraction of sp³-hybridized carbons (Fsp3) is 0.625. The van der Waals surface area contributed by atoms with Gasteiger partial charge in [-0.3, -0.25) is 4.99 Å². The van der Waals surface area contributed by atoms with E-state index < -0.39 is 0 Å². The number of hydrogen-bond donors (Lipinski definition) is 3. The molecule has 9 heteroatoms. The predicted octanol–water partition coefficient (Wildman–Crippen LogP) is 2.84. The fourth-order valence-electron chi connectivity index (χ4n) is 4.69. The quantitative estimate of drug-likeness (QED) is 0.271. The molecule has 1 fully saturated rings. The van der Waals surface area contributed by atoms with Crippen molar-refractivity contribution in [3.63, 3.8) is 0 Å². The molecule has 1 aromatic carbocycles. The van der Waals surface area contributed by atoms with Crippen LogP contribution in [-0.2, 0) is 24.1 Å². The van der Waals surface area contributed by atoms with Gasteiger partial charge in [0.2, 0.25) is 0 Å². The zero-order valence-electron chi connectivity index (χ0n) is 20.0. The standard InChI is InChI=1S/C24H37N7O.HI/c1-4-21-28-22-11-10-20(16-31(22)30-21)27-23(25-3)26-17-24(12-14-32-15-13-24)29-18(2)19-8-6-5-7-9-19;/h5-9,18,20,29H,4,10-17H2,1-3H3,(H2,25,26,27);1H. The predicted molar refractivity (Wildman–Crippen MR) is 142 cm³/mol. The first-order valence-electron chi connectivity index (χ1n) is 11.9. The van der Waals surface area contributed by atoms with Crippen LogP contribution in [0.4, 0.5) is 0 Å². The zero-order valence-corrected chi connectivity index (χ0v) is 22.3. The minimum absolute atomic E-state index is 0. The first-order chi connectivity index (χ1) is 15.6. The lowest BCUT2D eigenvalue weighted by atomic mass is 9.88. The summed E-state index contributed by atoms with van der Waals surface area (Å²) in [7, 11) is 1.84. The maximum absolute atomic E-state index is 5.68. The molecule has 2 unspecified atom stereocenters. The SMILES string of the molecule is CCc1nc2n(n1)CC(NC(=NC)NCC1(NC(C)c3ccccc3)CCOCC1)CC2.I. The lowest BCUT2D eigenvalue weighted by molar-refractivity contribution is 0.0354. The summed E-state index contributed by atoms with van der Waals surface area (Å²) in [6.45, 7) is 7.52. The van der Waals surface area contributed by atoms with Crippen molar-refractivity contribution in [3.05, 3.63) is 47.5 Å². The van der Waals surface area contributed by atoms with Crippen LogP contribution in [0.5, 0.6) is 0 Å². The minimum atomic E-state index is -0.0349. The molecule has 3 N–H and O–H groups in total. The molecule has 2 aliphatic heterocycles. The molecule has 2 aliphatic rings. The highest BCUT2D eigenvalue weighted by Gasteiger charge is 2.34. The van der Waals surface area contributed by atoms with E-state index in [1.807, 2.05) is 7.05 Å². The van der Waals surface area contributed by atoms with E-state index >= 15 is 0 Å². The molecule has 2 aromatic rings. The summed E-state index contributed by atoms with van der Waals surface area (Å²) in [6, 6.07) is 11.2. The molecule has 0 amide bonds. The third kappa shape index (κ3) is 6.66. The number of nitrogens with zero attached hydrogens (tertiary/aromatic N) is 4. The lowest BCUT2D eigenvalue weighted by Gasteiger charge is -2.41. The second-order valence-corrected chi connectivity index (χ2v) is 8.96. The first-order valence-corrected chi connectivity index (χ1v) is 11.9. The van der Waals surface area contributed by atoms with Gasteiger partial charge in [-0.05, 0) is 31.7 Å². The van der Waals surface area contributed by atoms with Crippen molar-refractivity contribution in [1.82, 2.24) is 30.7 Å². The molecule has 1 saturated heterocycles. The van der Waals surface area contributed by atoms with Gasteiger partial charge in [0.05, 0.1) is 6.54 Å². The van der Waals surface area contributed by atoms with E-state index in [0.717, 1.165) is 76.0 Å². The molecule has 182 valence electrons. The summed E-state index contributed by atoms with van der Waals surface area (Å²) in [4.78, 5) is 9.12. The number of fused-ring (bicyclic) bond motifs is 1. The van der Waals surface area contributed by atoms with E-state index in [1.54, 1.807) is 0 Å². The van der Waals surface area contributed by atoms with Crippen LogP contribution in [0.2, 0.25) is 0 Å². The van der Waals surface area contributed by atoms with E-state index in [-0.39, 0.29) is 35.6 Å². The van der Waals surface area contributed by atoms with Crippen LogP contribution in [0.25, 0.3) is 0 Å². The first kappa shape index (κ1) is 25.9. The van der Waals surface area contributed by atoms with Crippen LogP contribution in [0.15, 0.2) is 35.3 Å². The van der Waals surface area contributed by atoms with Crippen molar-refractivity contribution in [1.29, 1.82) is 0 Å². The number of halogens is 1. The van der Waals surface area contributed by atoms with Gasteiger partial charge < -0.3 is 20.7 Å². The Bertz CT molecular complexity index is 895. The van der Waals surface area contributed by atoms with E-state index in [0.29, 0.717) is 6.04 Å². The number of benzene rings is 1. The van der Waals surface area contributed by atoms with E-state index in [1.165, 1.54) is 5.56 Å². The number of guanidine groups is 1. The highest BCUT2D eigenvalue weighted by atomic mass is 127. The van der Waals surface area contributed by atoms with Gasteiger partial charge in [0.25, 0.3) is 0 Å². The number of nitrogens with one attached hydrogen (secondary N) is 3. The van der Waals surface area contributed by atoms with Crippen LogP contribution in [0.3, 0.4) is 0 Å². The Hall–Kier alpha value is -1.72. The van der Waals surface area contributed by atoms with E-state index in [4.69, 9.17) is 4.74 Å². The highest BCUT2D eigenvalue weighted by Crippen LogP contribution is 2.25. The smallest absolute Gasteiger partial charge is 0.191 e. The second-order valence-electron chi connectivity index (χ2n) is 8.96. The number of rotatable bonds is 7. The van der Waals surface area contributed by atoms with Crippen molar-refractivity contribution in [3.8, 4) is 0 Å². The monoisotopic (exact) mass is 567 g/mol. The summed E-state index contributed by atoms with van der Waals surface area (Å²) in [6.07, 6.45) is 4.80. The van der Waals surface area contributed by atoms with Gasteiger partial charge in [0.1, 0.15) is 5.82 Å². The molecule has 0 saturated carbocycles. The maximum atomic E-state index is 5.68. The maximum Gasteiger partial charge on any atom is 0.191 e. The molecule has 0 radical (unpaired) electrons. The average molecular weight is 568 g/mol. The Morgan fingerprint density at radius 3 is 2.73 bits per heavy atom. The van der Waals surface area contributed by atoms with Crippen LogP contribution >= 0.6 is 24.0 Å². The summed E-state index contributed by atoms with van der Waals surface area (Å²) in [5.41, 5.74) is 1.27. The molecular weight excluding hydrogens is 529 g/mol. The number of aromatic nitrogens is 3. The Balaban J connectivity index is 0.00000306. The summed E-state index contributed by atoms with van der Waals surface area (Å²) in [5.74, 6) is 2.88. The van der Waals surface area contributed by atoms with Gasteiger partial charge in [-0.25, -0.2) is 9.67 Å². The third-order valence-corrected chi connectivity index (χ3v) is 6.65. The normalized spacial score (nSPS) is 20.9. The number of aliphatic imine (C=N–C) groups is 1. The molecule has 0 aliphatic carbocycles. The Morgan fingerprint density at radius 2 is 2.03 bits per heavy atom. The van der Waals surface area contributed by atoms with Gasteiger partial charge in [-0.2, -0.15) is 5.10 Å². The largest absolute Gasteiger partial charge is 0.381 e. The summed E-state index contributed by atoms with van der Waals surface area (Å²) >= 11 is 0. The van der Waals surface area contributed by atoms with Crippen molar-refractivity contribution in [2.45, 2.75) is 70.1 Å². The molecule has 2 atom stereocenters. The van der Waals surface area contributed by atoms with Crippen molar-refractivity contribution >= 4 is 29.9 Å². The summed E-state index contributed by atoms with van der Waals surface area (Å²) < 4.78 is 7.73. The Labute approximate surface area is 214 Å².